The highest BCUT2D eigenvalue weighted by atomic mass is 16.5. The van der Waals surface area contributed by atoms with Crippen molar-refractivity contribution in [3.8, 4) is 0 Å². The number of carbonyl (C=O) groups is 2. The zero-order valence-corrected chi connectivity index (χ0v) is 14.0. The first kappa shape index (κ1) is 17.0. The van der Waals surface area contributed by atoms with Crippen LogP contribution in [0.2, 0.25) is 0 Å². The molecule has 1 saturated heterocycles. The van der Waals surface area contributed by atoms with Crippen LogP contribution in [0.4, 0.5) is 0 Å². The van der Waals surface area contributed by atoms with Gasteiger partial charge in [-0.05, 0) is 43.9 Å². The zero-order valence-electron chi connectivity index (χ0n) is 14.0. The van der Waals surface area contributed by atoms with Crippen LogP contribution in [0, 0.1) is 17.8 Å². The van der Waals surface area contributed by atoms with Gasteiger partial charge in [-0.1, -0.05) is 27.7 Å². The lowest BCUT2D eigenvalue weighted by atomic mass is 9.65. The molecule has 124 valence electrons. The summed E-state index contributed by atoms with van der Waals surface area (Å²) in [6.45, 7) is 9.94. The highest BCUT2D eigenvalue weighted by molar-refractivity contribution is 6.03. The van der Waals surface area contributed by atoms with E-state index in [-0.39, 0.29) is 23.0 Å². The van der Waals surface area contributed by atoms with Crippen LogP contribution in [0.25, 0.3) is 0 Å². The van der Waals surface area contributed by atoms with Crippen molar-refractivity contribution in [3.63, 3.8) is 0 Å². The van der Waals surface area contributed by atoms with Crippen LogP contribution in [-0.4, -0.2) is 33.4 Å². The monoisotopic (exact) mass is 310 g/mol. The van der Waals surface area contributed by atoms with Crippen LogP contribution >= 0.6 is 0 Å². The quantitative estimate of drug-likeness (QED) is 0.787. The first-order valence-corrected chi connectivity index (χ1v) is 7.95. The molecule has 0 aromatic carbocycles. The molecule has 3 atom stereocenters. The molecular weight excluding hydrogens is 284 g/mol. The maximum Gasteiger partial charge on any atom is 0.335 e. The van der Waals surface area contributed by atoms with Gasteiger partial charge in [0.1, 0.15) is 5.60 Å². The Balaban J connectivity index is 2.62. The Morgan fingerprint density at radius 2 is 1.68 bits per heavy atom. The molecular formula is C17H26O5. The van der Waals surface area contributed by atoms with Gasteiger partial charge in [0.25, 0.3) is 0 Å². The topological polar surface area (TPSA) is 83.8 Å². The van der Waals surface area contributed by atoms with Crippen molar-refractivity contribution in [2.75, 3.05) is 0 Å². The van der Waals surface area contributed by atoms with E-state index in [0.29, 0.717) is 18.8 Å². The Morgan fingerprint density at radius 1 is 1.14 bits per heavy atom. The molecule has 2 aliphatic rings. The predicted molar refractivity (Wildman–Crippen MR) is 81.5 cm³/mol. The van der Waals surface area contributed by atoms with Crippen molar-refractivity contribution in [1.29, 1.82) is 0 Å². The first-order chi connectivity index (χ1) is 10.0. The minimum atomic E-state index is -1.17. The molecule has 0 aromatic heterocycles. The molecule has 2 aliphatic heterocycles. The summed E-state index contributed by atoms with van der Waals surface area (Å²) in [5.74, 6) is -1.65. The van der Waals surface area contributed by atoms with Crippen LogP contribution in [0.15, 0.2) is 11.1 Å². The minimum Gasteiger partial charge on any atom is -0.478 e. The van der Waals surface area contributed by atoms with Crippen LogP contribution in [-0.2, 0) is 14.3 Å². The van der Waals surface area contributed by atoms with E-state index in [0.717, 1.165) is 6.42 Å². The average molecular weight is 310 g/mol. The van der Waals surface area contributed by atoms with E-state index >= 15 is 0 Å². The molecule has 5 nitrogen and oxygen atoms in total. The summed E-state index contributed by atoms with van der Waals surface area (Å²) >= 11 is 0. The summed E-state index contributed by atoms with van der Waals surface area (Å²) < 4.78 is 6.18. The molecule has 0 spiro atoms. The molecule has 0 radical (unpaired) electrons. The Kier molecular flexibility index (Phi) is 4.15. The van der Waals surface area contributed by atoms with Gasteiger partial charge in [0.2, 0.25) is 0 Å². The third kappa shape index (κ3) is 2.45. The Morgan fingerprint density at radius 3 is 2.09 bits per heavy atom. The zero-order chi connectivity index (χ0) is 16.9. The molecule has 22 heavy (non-hydrogen) atoms. The number of carboxylic acids is 2. The molecule has 2 N–H and O–H groups in total. The van der Waals surface area contributed by atoms with E-state index in [1.54, 1.807) is 6.92 Å². The van der Waals surface area contributed by atoms with Gasteiger partial charge < -0.3 is 14.9 Å². The van der Waals surface area contributed by atoms with Crippen LogP contribution < -0.4 is 0 Å². The number of carboxylic acid groups (broad SMARTS) is 2. The van der Waals surface area contributed by atoms with Crippen molar-refractivity contribution < 1.29 is 24.5 Å². The number of aliphatic carboxylic acids is 2. The van der Waals surface area contributed by atoms with Gasteiger partial charge in [0.15, 0.2) is 0 Å². The first-order valence-electron chi connectivity index (χ1n) is 7.95. The fourth-order valence-electron chi connectivity index (χ4n) is 4.43. The SMILES string of the molecule is CC(C)CC1CC2(C)OC1(CC(C)C)C(C(=O)O)=C2C(=O)O. The predicted octanol–water partition coefficient (Wildman–Crippen LogP) is 3.09. The lowest BCUT2D eigenvalue weighted by Crippen LogP contribution is -2.42. The van der Waals surface area contributed by atoms with E-state index < -0.39 is 23.1 Å². The van der Waals surface area contributed by atoms with E-state index in [1.807, 2.05) is 13.8 Å². The lowest BCUT2D eigenvalue weighted by molar-refractivity contribution is -0.137. The molecule has 0 aliphatic carbocycles. The molecule has 3 unspecified atom stereocenters. The van der Waals surface area contributed by atoms with Gasteiger partial charge in [0, 0.05) is 0 Å². The summed E-state index contributed by atoms with van der Waals surface area (Å²) in [5, 5.41) is 19.2. The molecule has 1 fully saturated rings. The summed E-state index contributed by atoms with van der Waals surface area (Å²) in [4.78, 5) is 23.5. The van der Waals surface area contributed by atoms with Crippen LogP contribution in [0.5, 0.6) is 0 Å². The molecule has 2 heterocycles. The maximum absolute atomic E-state index is 11.9. The van der Waals surface area contributed by atoms with E-state index in [9.17, 15) is 19.8 Å². The number of rotatable bonds is 6. The average Bonchev–Trinajstić information content (AvgIpc) is 2.71. The second-order valence-corrected chi connectivity index (χ2v) is 7.71. The number of fused-ring (bicyclic) bond motifs is 2. The van der Waals surface area contributed by atoms with Crippen LogP contribution in [0.1, 0.15) is 53.9 Å². The highest BCUT2D eigenvalue weighted by Gasteiger charge is 2.66. The fourth-order valence-corrected chi connectivity index (χ4v) is 4.43. The third-order valence-electron chi connectivity index (χ3n) is 4.80. The summed E-state index contributed by atoms with van der Waals surface area (Å²) in [6, 6.07) is 0. The third-order valence-corrected chi connectivity index (χ3v) is 4.80. The minimum absolute atomic E-state index is 0.0203. The smallest absolute Gasteiger partial charge is 0.335 e. The number of hydrogen-bond donors (Lipinski definition) is 2. The maximum atomic E-state index is 11.9. The lowest BCUT2D eigenvalue weighted by Gasteiger charge is -2.36. The highest BCUT2D eigenvalue weighted by Crippen LogP contribution is 2.60. The van der Waals surface area contributed by atoms with E-state index in [4.69, 9.17) is 4.74 Å². The second kappa shape index (κ2) is 5.37. The Labute approximate surface area is 131 Å². The van der Waals surface area contributed by atoms with Crippen molar-refractivity contribution in [1.82, 2.24) is 0 Å². The van der Waals surface area contributed by atoms with Gasteiger partial charge in [-0.2, -0.15) is 0 Å². The molecule has 0 saturated carbocycles. The van der Waals surface area contributed by atoms with Gasteiger partial charge >= 0.3 is 11.9 Å². The molecule has 2 rings (SSSR count). The Hall–Kier alpha value is -1.36. The van der Waals surface area contributed by atoms with Gasteiger partial charge in [-0.15, -0.1) is 0 Å². The normalized spacial score (nSPS) is 34.0. The second-order valence-electron chi connectivity index (χ2n) is 7.71. The van der Waals surface area contributed by atoms with Crippen molar-refractivity contribution in [2.24, 2.45) is 17.8 Å². The number of hydrogen-bond acceptors (Lipinski definition) is 3. The molecule has 2 bridgehead atoms. The van der Waals surface area contributed by atoms with Crippen LogP contribution in [0.3, 0.4) is 0 Å². The molecule has 5 heteroatoms. The van der Waals surface area contributed by atoms with E-state index in [1.165, 1.54) is 0 Å². The molecule has 0 amide bonds. The van der Waals surface area contributed by atoms with E-state index in [2.05, 4.69) is 13.8 Å². The Bertz CT molecular complexity index is 533. The molecule has 0 aromatic rings. The summed E-state index contributed by atoms with van der Waals surface area (Å²) in [5.41, 5.74) is -2.03. The van der Waals surface area contributed by atoms with Crippen molar-refractivity contribution in [2.45, 2.75) is 65.1 Å². The van der Waals surface area contributed by atoms with Gasteiger partial charge in [0.05, 0.1) is 16.7 Å². The van der Waals surface area contributed by atoms with Crippen molar-refractivity contribution >= 4 is 11.9 Å². The number of ether oxygens (including phenoxy) is 1. The largest absolute Gasteiger partial charge is 0.478 e. The summed E-state index contributed by atoms with van der Waals surface area (Å²) in [7, 11) is 0. The standard InChI is InChI=1S/C17H26O5/c1-9(2)6-11-8-16(5)12(14(18)19)13(15(20)21)17(11,22-16)7-10(3)4/h9-11H,6-8H2,1-5H3,(H,18,19)(H,20,21). The van der Waals surface area contributed by atoms with Crippen molar-refractivity contribution in [3.05, 3.63) is 11.1 Å². The fraction of sp³-hybridized carbons (Fsp3) is 0.765. The van der Waals surface area contributed by atoms with Gasteiger partial charge in [-0.25, -0.2) is 9.59 Å². The van der Waals surface area contributed by atoms with Gasteiger partial charge in [-0.3, -0.25) is 0 Å². The summed E-state index contributed by atoms with van der Waals surface area (Å²) in [6.07, 6.45) is 1.96.